The molecule has 2 aliphatic rings. The summed E-state index contributed by atoms with van der Waals surface area (Å²) in [6.07, 6.45) is 1.98. The van der Waals surface area contributed by atoms with Gasteiger partial charge in [0.25, 0.3) is 5.91 Å². The number of nitrogens with zero attached hydrogens (tertiary/aromatic N) is 5. The Hall–Kier alpha value is -3.79. The van der Waals surface area contributed by atoms with Gasteiger partial charge in [-0.1, -0.05) is 6.92 Å². The Morgan fingerprint density at radius 1 is 1.21 bits per heavy atom. The first-order valence-corrected chi connectivity index (χ1v) is 14.1. The lowest BCUT2D eigenvalue weighted by Crippen LogP contribution is -2.38. The number of hydrogen-bond donors (Lipinski definition) is 1. The van der Waals surface area contributed by atoms with Crippen LogP contribution in [0.5, 0.6) is 0 Å². The van der Waals surface area contributed by atoms with E-state index in [-0.39, 0.29) is 11.9 Å². The number of aryl methyl sites for hydroxylation is 1. The van der Waals surface area contributed by atoms with Crippen LogP contribution in [0.25, 0.3) is 16.9 Å². The predicted molar refractivity (Wildman–Crippen MR) is 148 cm³/mol. The van der Waals surface area contributed by atoms with E-state index in [1.165, 1.54) is 16.5 Å². The number of thiophene rings is 1. The van der Waals surface area contributed by atoms with Gasteiger partial charge >= 0.3 is 5.97 Å². The first-order valence-electron chi connectivity index (χ1n) is 13.2. The van der Waals surface area contributed by atoms with Crippen molar-refractivity contribution in [3.05, 3.63) is 69.4 Å². The van der Waals surface area contributed by atoms with Gasteiger partial charge < -0.3 is 14.9 Å². The molecule has 1 amide bonds. The average Bonchev–Trinajstić information content (AvgIpc) is 3.66. The van der Waals surface area contributed by atoms with Crippen molar-refractivity contribution in [2.45, 2.75) is 46.1 Å². The largest absolute Gasteiger partial charge is 0.481 e. The fourth-order valence-electron chi connectivity index (χ4n) is 5.73. The predicted octanol–water partition coefficient (Wildman–Crippen LogP) is 5.22. The van der Waals surface area contributed by atoms with Crippen molar-refractivity contribution in [1.82, 2.24) is 19.5 Å². The molecule has 1 aromatic carbocycles. The zero-order valence-corrected chi connectivity index (χ0v) is 23.0. The monoisotopic (exact) mass is 547 g/mol. The van der Waals surface area contributed by atoms with Crippen LogP contribution in [0.3, 0.4) is 0 Å². The molecule has 0 spiro atoms. The highest BCUT2D eigenvalue weighted by Crippen LogP contribution is 2.36. The first kappa shape index (κ1) is 25.5. The summed E-state index contributed by atoms with van der Waals surface area (Å²) in [6.45, 7) is 7.29. The molecule has 1 fully saturated rings. The Labute approximate surface area is 229 Å². The maximum atomic E-state index is 15.4. The lowest BCUT2D eigenvalue weighted by molar-refractivity contribution is -0.146. The topological polar surface area (TPSA) is 91.0 Å². The summed E-state index contributed by atoms with van der Waals surface area (Å²) in [6, 6.07) is 10.5. The molecule has 0 bridgehead atoms. The van der Waals surface area contributed by atoms with E-state index >= 15 is 4.39 Å². The number of aliphatic carboxylic acids is 1. The van der Waals surface area contributed by atoms with E-state index in [4.69, 9.17) is 0 Å². The van der Waals surface area contributed by atoms with Crippen molar-refractivity contribution in [3.63, 3.8) is 0 Å². The van der Waals surface area contributed by atoms with Gasteiger partial charge in [-0.3, -0.25) is 9.59 Å². The average molecular weight is 548 g/mol. The molecule has 39 heavy (non-hydrogen) atoms. The van der Waals surface area contributed by atoms with Crippen LogP contribution in [0.4, 0.5) is 10.1 Å². The molecular weight excluding hydrogens is 517 g/mol. The molecule has 2 atom stereocenters. The van der Waals surface area contributed by atoms with Crippen molar-refractivity contribution in [1.29, 1.82) is 0 Å². The lowest BCUT2D eigenvalue weighted by atomic mass is 9.90. The number of benzene rings is 1. The van der Waals surface area contributed by atoms with Crippen LogP contribution in [0.15, 0.2) is 41.8 Å². The number of anilines is 1. The van der Waals surface area contributed by atoms with Crippen LogP contribution in [0.2, 0.25) is 0 Å². The molecular formula is C29H30FN5O3S. The molecule has 202 valence electrons. The van der Waals surface area contributed by atoms with Crippen LogP contribution >= 0.6 is 11.3 Å². The number of hydrogen-bond acceptors (Lipinski definition) is 6. The molecule has 8 nitrogen and oxygen atoms in total. The van der Waals surface area contributed by atoms with E-state index in [0.29, 0.717) is 60.8 Å². The SMILES string of the molecule is CCc1cc(C(=O)N2CCc3sccc3[C@H]2C)nc2cc(-c3ccc(N4CCC(C)(C(=O)O)C4)cc3F)nn12. The van der Waals surface area contributed by atoms with Gasteiger partial charge in [0.15, 0.2) is 5.65 Å². The number of carboxylic acids is 1. The second-order valence-electron chi connectivity index (χ2n) is 10.7. The Morgan fingerprint density at radius 3 is 2.74 bits per heavy atom. The summed E-state index contributed by atoms with van der Waals surface area (Å²) in [5.74, 6) is -1.40. The summed E-state index contributed by atoms with van der Waals surface area (Å²) < 4.78 is 17.0. The molecule has 6 rings (SSSR count). The lowest BCUT2D eigenvalue weighted by Gasteiger charge is -2.33. The van der Waals surface area contributed by atoms with Crippen LogP contribution in [-0.4, -0.2) is 56.1 Å². The smallest absolute Gasteiger partial charge is 0.311 e. The standard InChI is InChI=1S/C29H30FN5O3S/c1-4-18-14-24(27(36)34-10-7-25-20(17(34)2)8-12-39-25)31-26-15-23(32-35(18)26)21-6-5-19(13-22(21)30)33-11-9-29(3,16-33)28(37)38/h5-6,8,12-15,17H,4,7,9-11,16H2,1-3H3,(H,37,38)/t17-,29?/m1/s1. The summed E-state index contributed by atoms with van der Waals surface area (Å²) in [7, 11) is 0. The highest BCUT2D eigenvalue weighted by Gasteiger charge is 2.40. The van der Waals surface area contributed by atoms with Gasteiger partial charge in [-0.2, -0.15) is 5.10 Å². The number of carbonyl (C=O) groups excluding carboxylic acids is 1. The van der Waals surface area contributed by atoms with Gasteiger partial charge in [-0.05, 0) is 74.4 Å². The number of carbonyl (C=O) groups is 2. The van der Waals surface area contributed by atoms with Crippen LogP contribution in [-0.2, 0) is 17.6 Å². The van der Waals surface area contributed by atoms with Crippen molar-refractivity contribution in [2.75, 3.05) is 24.5 Å². The zero-order valence-electron chi connectivity index (χ0n) is 22.1. The van der Waals surface area contributed by atoms with Crippen molar-refractivity contribution in [2.24, 2.45) is 5.41 Å². The van der Waals surface area contributed by atoms with Crippen molar-refractivity contribution < 1.29 is 19.1 Å². The summed E-state index contributed by atoms with van der Waals surface area (Å²) >= 11 is 1.74. The number of halogens is 1. The van der Waals surface area contributed by atoms with E-state index in [9.17, 15) is 14.7 Å². The maximum absolute atomic E-state index is 15.4. The highest BCUT2D eigenvalue weighted by atomic mass is 32.1. The summed E-state index contributed by atoms with van der Waals surface area (Å²) in [5.41, 5.74) is 3.43. The Morgan fingerprint density at radius 2 is 2.03 bits per heavy atom. The van der Waals surface area contributed by atoms with Crippen LogP contribution < -0.4 is 4.90 Å². The van der Waals surface area contributed by atoms with Crippen molar-refractivity contribution in [3.8, 4) is 11.3 Å². The van der Waals surface area contributed by atoms with E-state index in [2.05, 4.69) is 28.5 Å². The molecule has 2 aliphatic heterocycles. The number of carboxylic acid groups (broad SMARTS) is 1. The third-order valence-corrected chi connectivity index (χ3v) is 9.20. The van der Waals surface area contributed by atoms with E-state index in [1.54, 1.807) is 47.0 Å². The minimum absolute atomic E-state index is 0.0207. The number of rotatable bonds is 5. The van der Waals surface area contributed by atoms with Gasteiger partial charge in [0.1, 0.15) is 11.5 Å². The van der Waals surface area contributed by atoms with Crippen molar-refractivity contribution >= 4 is 34.5 Å². The Balaban J connectivity index is 1.30. The number of fused-ring (bicyclic) bond motifs is 2. The first-order chi connectivity index (χ1) is 18.7. The molecule has 5 heterocycles. The highest BCUT2D eigenvalue weighted by molar-refractivity contribution is 7.10. The molecule has 1 N–H and O–H groups in total. The second kappa shape index (κ2) is 9.44. The normalized spacial score (nSPS) is 21.0. The molecule has 10 heteroatoms. The van der Waals surface area contributed by atoms with Crippen LogP contribution in [0.1, 0.15) is 59.9 Å². The van der Waals surface area contributed by atoms with E-state index in [1.807, 2.05) is 16.7 Å². The summed E-state index contributed by atoms with van der Waals surface area (Å²) in [5, 5.41) is 16.2. The quantitative estimate of drug-likeness (QED) is 0.369. The fraction of sp³-hybridized carbons (Fsp3) is 0.379. The molecule has 0 saturated carbocycles. The van der Waals surface area contributed by atoms with Gasteiger partial charge in [-0.25, -0.2) is 13.9 Å². The third-order valence-electron chi connectivity index (χ3n) is 8.20. The zero-order chi connectivity index (χ0) is 27.5. The Bertz CT molecular complexity index is 1610. The molecule has 4 aromatic rings. The second-order valence-corrected chi connectivity index (χ2v) is 11.7. The van der Waals surface area contributed by atoms with Crippen LogP contribution in [0, 0.1) is 11.2 Å². The minimum atomic E-state index is -0.841. The minimum Gasteiger partial charge on any atom is -0.481 e. The van der Waals surface area contributed by atoms with Gasteiger partial charge in [0, 0.05) is 47.5 Å². The van der Waals surface area contributed by atoms with Gasteiger partial charge in [0.05, 0.1) is 17.2 Å². The van der Waals surface area contributed by atoms with E-state index in [0.717, 1.165) is 12.1 Å². The third kappa shape index (κ3) is 4.27. The molecule has 1 unspecified atom stereocenters. The number of aromatic nitrogens is 3. The molecule has 0 aliphatic carbocycles. The van der Waals surface area contributed by atoms with Gasteiger partial charge in [0.2, 0.25) is 0 Å². The van der Waals surface area contributed by atoms with Gasteiger partial charge in [-0.15, -0.1) is 11.3 Å². The molecule has 0 radical (unpaired) electrons. The number of amides is 1. The fourth-order valence-corrected chi connectivity index (χ4v) is 6.69. The molecule has 3 aromatic heterocycles. The molecule has 1 saturated heterocycles. The maximum Gasteiger partial charge on any atom is 0.311 e. The van der Waals surface area contributed by atoms with E-state index < -0.39 is 17.2 Å². The summed E-state index contributed by atoms with van der Waals surface area (Å²) in [4.78, 5) is 34.9. The Kier molecular flexibility index (Phi) is 6.17.